The largest absolute Gasteiger partial charge is 0.378 e. The summed E-state index contributed by atoms with van der Waals surface area (Å²) in [5.74, 6) is -0.381. The van der Waals surface area contributed by atoms with Crippen molar-refractivity contribution in [3.63, 3.8) is 0 Å². The first-order valence-corrected chi connectivity index (χ1v) is 8.51. The number of rotatable bonds is 5. The molecule has 3 aromatic rings. The van der Waals surface area contributed by atoms with Gasteiger partial charge in [0.25, 0.3) is 11.5 Å². The van der Waals surface area contributed by atoms with Gasteiger partial charge in [-0.15, -0.1) is 0 Å². The van der Waals surface area contributed by atoms with Crippen molar-refractivity contribution >= 4 is 28.8 Å². The fraction of sp³-hybridized carbons (Fsp3) is 0.200. The van der Waals surface area contributed by atoms with Gasteiger partial charge in [-0.1, -0.05) is 24.3 Å². The summed E-state index contributed by atoms with van der Waals surface area (Å²) in [4.78, 5) is 30.9. The maximum absolute atomic E-state index is 12.4. The summed E-state index contributed by atoms with van der Waals surface area (Å²) in [6.45, 7) is 1.51. The Morgan fingerprint density at radius 3 is 2.59 bits per heavy atom. The first-order valence-electron chi connectivity index (χ1n) is 8.51. The Bertz CT molecular complexity index is 1050. The fourth-order valence-electron chi connectivity index (χ4n) is 2.69. The van der Waals surface area contributed by atoms with Crippen LogP contribution in [0, 0.1) is 6.92 Å². The molecular formula is C20H21N5O2. The Balaban J connectivity index is 1.72. The van der Waals surface area contributed by atoms with E-state index in [-0.39, 0.29) is 18.0 Å². The average Bonchev–Trinajstić information content (AvgIpc) is 2.66. The average molecular weight is 363 g/mol. The third-order valence-electron chi connectivity index (χ3n) is 4.13. The highest BCUT2D eigenvalue weighted by atomic mass is 16.2. The lowest BCUT2D eigenvalue weighted by molar-refractivity contribution is -0.121. The molecule has 1 aromatic heterocycles. The minimum atomic E-state index is -0.381. The van der Waals surface area contributed by atoms with Crippen LogP contribution < -0.4 is 15.9 Å². The van der Waals surface area contributed by atoms with E-state index in [1.54, 1.807) is 19.2 Å². The molecule has 1 amide bonds. The van der Waals surface area contributed by atoms with E-state index in [2.05, 4.69) is 15.5 Å². The normalized spacial score (nSPS) is 11.1. The van der Waals surface area contributed by atoms with Crippen molar-refractivity contribution in [3.8, 4) is 0 Å². The number of nitrogens with zero attached hydrogens (tertiary/aromatic N) is 4. The van der Waals surface area contributed by atoms with Crippen molar-refractivity contribution < 1.29 is 4.79 Å². The third-order valence-corrected chi connectivity index (χ3v) is 4.13. The highest BCUT2D eigenvalue weighted by Crippen LogP contribution is 2.11. The fourth-order valence-corrected chi connectivity index (χ4v) is 2.69. The molecule has 0 fully saturated rings. The van der Waals surface area contributed by atoms with E-state index in [0.29, 0.717) is 16.7 Å². The van der Waals surface area contributed by atoms with Crippen molar-refractivity contribution in [1.82, 2.24) is 15.0 Å². The van der Waals surface area contributed by atoms with Crippen molar-refractivity contribution in [1.29, 1.82) is 0 Å². The second kappa shape index (κ2) is 7.82. The van der Waals surface area contributed by atoms with Gasteiger partial charge in [-0.25, -0.2) is 10.4 Å². The maximum atomic E-state index is 12.4. The molecule has 0 bridgehead atoms. The molecule has 27 heavy (non-hydrogen) atoms. The second-order valence-corrected chi connectivity index (χ2v) is 6.36. The molecule has 2 aromatic carbocycles. The lowest BCUT2D eigenvalue weighted by Gasteiger charge is -2.11. The van der Waals surface area contributed by atoms with Gasteiger partial charge in [-0.3, -0.25) is 14.2 Å². The number of aryl methyl sites for hydroxylation is 1. The van der Waals surface area contributed by atoms with Crippen LogP contribution in [0.3, 0.4) is 0 Å². The molecule has 7 nitrogen and oxygen atoms in total. The lowest BCUT2D eigenvalue weighted by Crippen LogP contribution is -2.31. The number of hydrogen-bond acceptors (Lipinski definition) is 5. The molecule has 3 rings (SSSR count). The van der Waals surface area contributed by atoms with Crippen LogP contribution in [-0.2, 0) is 11.3 Å². The predicted molar refractivity (Wildman–Crippen MR) is 107 cm³/mol. The Hall–Kier alpha value is -3.48. The van der Waals surface area contributed by atoms with E-state index in [1.165, 1.54) is 4.57 Å². The van der Waals surface area contributed by atoms with Gasteiger partial charge in [0.1, 0.15) is 12.2 Å². The second-order valence-electron chi connectivity index (χ2n) is 6.36. The molecule has 0 saturated heterocycles. The number of aromatic nitrogens is 2. The Morgan fingerprint density at radius 2 is 1.89 bits per heavy atom. The molecule has 0 atom stereocenters. The minimum Gasteiger partial charge on any atom is -0.378 e. The van der Waals surface area contributed by atoms with E-state index >= 15 is 0 Å². The highest BCUT2D eigenvalue weighted by Gasteiger charge is 2.10. The molecule has 0 saturated carbocycles. The minimum absolute atomic E-state index is 0.125. The van der Waals surface area contributed by atoms with Gasteiger partial charge in [0.05, 0.1) is 17.2 Å². The summed E-state index contributed by atoms with van der Waals surface area (Å²) in [6.07, 6.45) is 1.57. The van der Waals surface area contributed by atoms with E-state index in [9.17, 15) is 9.59 Å². The topological polar surface area (TPSA) is 79.6 Å². The molecular weight excluding hydrogens is 342 g/mol. The molecule has 0 spiro atoms. The zero-order valence-corrected chi connectivity index (χ0v) is 15.5. The molecule has 0 radical (unpaired) electrons. The molecule has 0 aliphatic heterocycles. The third kappa shape index (κ3) is 4.20. The monoisotopic (exact) mass is 363 g/mol. The van der Waals surface area contributed by atoms with Gasteiger partial charge in [-0.05, 0) is 36.8 Å². The van der Waals surface area contributed by atoms with Gasteiger partial charge in [0, 0.05) is 19.8 Å². The quantitative estimate of drug-likeness (QED) is 0.555. The van der Waals surface area contributed by atoms with Crippen LogP contribution >= 0.6 is 0 Å². The molecule has 138 valence electrons. The number of carbonyl (C=O) groups is 1. The van der Waals surface area contributed by atoms with Crippen LogP contribution in [0.15, 0.2) is 58.4 Å². The van der Waals surface area contributed by atoms with Crippen LogP contribution in [0.4, 0.5) is 5.69 Å². The molecule has 7 heteroatoms. The van der Waals surface area contributed by atoms with Crippen LogP contribution in [0.1, 0.15) is 11.3 Å². The van der Waals surface area contributed by atoms with Crippen LogP contribution in [0.2, 0.25) is 0 Å². The van der Waals surface area contributed by atoms with E-state index < -0.39 is 0 Å². The highest BCUT2D eigenvalue weighted by molar-refractivity contribution is 5.83. The molecule has 0 aliphatic rings. The summed E-state index contributed by atoms with van der Waals surface area (Å²) in [5, 5.41) is 3.98. The van der Waals surface area contributed by atoms with Crippen LogP contribution in [0.25, 0.3) is 11.0 Å². The predicted octanol–water partition coefficient (Wildman–Crippen LogP) is 1.92. The smallest absolute Gasteiger partial charge is 0.272 e. The standard InChI is InChI=1S/C20H21N5O2/c1-14-20(27)25(18-7-5-4-6-17(18)22-14)13-19(26)23-21-12-15-8-10-16(11-9-15)24(2)3/h4-12H,13H2,1-3H3,(H,23,26)/b21-12+. The number of carbonyl (C=O) groups excluding carboxylic acids is 1. The van der Waals surface area contributed by atoms with E-state index in [0.717, 1.165) is 11.3 Å². The SMILES string of the molecule is Cc1nc2ccccc2n(CC(=O)N/N=C/c2ccc(N(C)C)cc2)c1=O. The summed E-state index contributed by atoms with van der Waals surface area (Å²) < 4.78 is 1.41. The van der Waals surface area contributed by atoms with Crippen molar-refractivity contribution in [2.75, 3.05) is 19.0 Å². The van der Waals surface area contributed by atoms with Crippen molar-refractivity contribution in [2.45, 2.75) is 13.5 Å². The van der Waals surface area contributed by atoms with Gasteiger partial charge in [0.15, 0.2) is 0 Å². The van der Waals surface area contributed by atoms with Crippen LogP contribution in [-0.4, -0.2) is 35.8 Å². The first-order chi connectivity index (χ1) is 13.0. The number of nitrogens with one attached hydrogen (secondary N) is 1. The molecule has 0 aliphatic carbocycles. The maximum Gasteiger partial charge on any atom is 0.272 e. The number of para-hydroxylation sites is 2. The summed E-state index contributed by atoms with van der Waals surface area (Å²) in [6, 6.07) is 15.0. The number of benzene rings is 2. The zero-order chi connectivity index (χ0) is 19.4. The van der Waals surface area contributed by atoms with Gasteiger partial charge in [-0.2, -0.15) is 5.10 Å². The van der Waals surface area contributed by atoms with E-state index in [1.807, 2.05) is 61.5 Å². The summed E-state index contributed by atoms with van der Waals surface area (Å²) in [5.41, 5.74) is 5.77. The molecule has 1 heterocycles. The Morgan fingerprint density at radius 1 is 1.19 bits per heavy atom. The Kier molecular flexibility index (Phi) is 5.30. The summed E-state index contributed by atoms with van der Waals surface area (Å²) >= 11 is 0. The van der Waals surface area contributed by atoms with Crippen LogP contribution in [0.5, 0.6) is 0 Å². The van der Waals surface area contributed by atoms with Crippen molar-refractivity contribution in [3.05, 3.63) is 70.1 Å². The number of amides is 1. The number of hydrazone groups is 1. The first kappa shape index (κ1) is 18.3. The van der Waals surface area contributed by atoms with Gasteiger partial charge in [0.2, 0.25) is 0 Å². The van der Waals surface area contributed by atoms with E-state index in [4.69, 9.17) is 0 Å². The number of anilines is 1. The van der Waals surface area contributed by atoms with Crippen molar-refractivity contribution in [2.24, 2.45) is 5.10 Å². The molecule has 1 N–H and O–H groups in total. The number of hydrogen-bond donors (Lipinski definition) is 1. The van der Waals surface area contributed by atoms with Gasteiger partial charge < -0.3 is 4.90 Å². The summed E-state index contributed by atoms with van der Waals surface area (Å²) in [7, 11) is 3.94. The Labute approximate surface area is 157 Å². The van der Waals surface area contributed by atoms with Gasteiger partial charge >= 0.3 is 0 Å². The number of fused-ring (bicyclic) bond motifs is 1. The molecule has 0 unspecified atom stereocenters. The zero-order valence-electron chi connectivity index (χ0n) is 15.5. The lowest BCUT2D eigenvalue weighted by atomic mass is 10.2.